The van der Waals surface area contributed by atoms with E-state index in [-0.39, 0.29) is 6.61 Å². The number of nitrogens with two attached hydrogens (primary N) is 1. The van der Waals surface area contributed by atoms with Crippen LogP contribution in [0.25, 0.3) is 0 Å². The maximum absolute atomic E-state index is 8.97. The van der Waals surface area contributed by atoms with Crippen molar-refractivity contribution >= 4 is 5.71 Å². The summed E-state index contributed by atoms with van der Waals surface area (Å²) in [5, 5.41) is 12.9. The van der Waals surface area contributed by atoms with Gasteiger partial charge in [-0.05, 0) is 13.0 Å². The lowest BCUT2D eigenvalue weighted by Gasteiger charge is -2.34. The molecular weight excluding hydrogens is 276 g/mol. The molecule has 5 heteroatoms. The van der Waals surface area contributed by atoms with Crippen molar-refractivity contribution in [1.29, 1.82) is 0 Å². The van der Waals surface area contributed by atoms with Crippen molar-refractivity contribution in [2.45, 2.75) is 6.92 Å². The summed E-state index contributed by atoms with van der Waals surface area (Å²) in [4.78, 5) is 4.73. The van der Waals surface area contributed by atoms with Crippen molar-refractivity contribution in [1.82, 2.24) is 9.80 Å². The maximum Gasteiger partial charge on any atom is 0.0899 e. The second-order valence-electron chi connectivity index (χ2n) is 5.71. The molecule has 0 aliphatic carbocycles. The fraction of sp³-hybridized carbons (Fsp3) is 0.471. The summed E-state index contributed by atoms with van der Waals surface area (Å²) in [6.45, 7) is 8.17. The van der Waals surface area contributed by atoms with E-state index in [1.165, 1.54) is 5.57 Å². The second-order valence-corrected chi connectivity index (χ2v) is 5.71. The Bertz CT molecular complexity index is 505. The molecule has 22 heavy (non-hydrogen) atoms. The van der Waals surface area contributed by atoms with Crippen molar-refractivity contribution in [3.63, 3.8) is 0 Å². The Morgan fingerprint density at radius 3 is 2.41 bits per heavy atom. The molecule has 1 saturated heterocycles. The summed E-state index contributed by atoms with van der Waals surface area (Å²) in [6.07, 6.45) is 2.06. The van der Waals surface area contributed by atoms with Crippen LogP contribution < -0.4 is 5.84 Å². The minimum Gasteiger partial charge on any atom is -0.395 e. The van der Waals surface area contributed by atoms with Crippen LogP contribution >= 0.6 is 0 Å². The van der Waals surface area contributed by atoms with Crippen LogP contribution in [0.1, 0.15) is 12.5 Å². The van der Waals surface area contributed by atoms with Gasteiger partial charge in [-0.15, -0.1) is 0 Å². The number of benzene rings is 1. The van der Waals surface area contributed by atoms with Crippen molar-refractivity contribution in [3.05, 3.63) is 47.5 Å². The molecule has 0 amide bonds. The molecule has 0 spiro atoms. The largest absolute Gasteiger partial charge is 0.395 e. The van der Waals surface area contributed by atoms with E-state index in [1.807, 2.05) is 30.3 Å². The van der Waals surface area contributed by atoms with Gasteiger partial charge in [-0.3, -0.25) is 9.80 Å². The van der Waals surface area contributed by atoms with Crippen molar-refractivity contribution in [3.8, 4) is 0 Å². The van der Waals surface area contributed by atoms with Gasteiger partial charge in [0.2, 0.25) is 0 Å². The highest BCUT2D eigenvalue weighted by Crippen LogP contribution is 2.08. The van der Waals surface area contributed by atoms with Crippen molar-refractivity contribution in [2.75, 3.05) is 45.9 Å². The number of allylic oxidation sites excluding steroid dienone is 1. The molecular formula is C17H26N4O. The molecule has 2 rings (SSSR count). The number of aliphatic hydroxyl groups excluding tert-OH is 1. The zero-order valence-corrected chi connectivity index (χ0v) is 13.3. The Labute approximate surface area is 132 Å². The van der Waals surface area contributed by atoms with Gasteiger partial charge in [0.05, 0.1) is 12.3 Å². The molecule has 1 aliphatic heterocycles. The van der Waals surface area contributed by atoms with Gasteiger partial charge < -0.3 is 10.9 Å². The summed E-state index contributed by atoms with van der Waals surface area (Å²) in [7, 11) is 0. The number of nitrogens with zero attached hydrogens (tertiary/aromatic N) is 3. The number of β-amino-alcohol motifs (C(OH)–C–C–N with tert-alkyl or cyclic N) is 1. The SMILES string of the molecule is C/C(=C/C(=N\N)c1ccccc1)CN1CCN(CCO)CC1. The normalized spacial score (nSPS) is 18.6. The first-order chi connectivity index (χ1) is 10.7. The van der Waals surface area contributed by atoms with Crippen LogP contribution in [0.15, 0.2) is 47.1 Å². The lowest BCUT2D eigenvalue weighted by atomic mass is 10.1. The van der Waals surface area contributed by atoms with Gasteiger partial charge in [-0.1, -0.05) is 35.9 Å². The van der Waals surface area contributed by atoms with Crippen LogP contribution in [0.2, 0.25) is 0 Å². The molecule has 0 saturated carbocycles. The third kappa shape index (κ3) is 4.94. The standard InChI is InChI=1S/C17H26N4O/c1-15(13-17(19-18)16-5-3-2-4-6-16)14-21-9-7-20(8-10-21)11-12-22/h2-6,13,22H,7-12,14,18H2,1H3/b15-13-,19-17+. The highest BCUT2D eigenvalue weighted by molar-refractivity contribution is 6.08. The average Bonchev–Trinajstić information content (AvgIpc) is 2.55. The summed E-state index contributed by atoms with van der Waals surface area (Å²) >= 11 is 0. The van der Waals surface area contributed by atoms with E-state index < -0.39 is 0 Å². The molecule has 0 bridgehead atoms. The van der Waals surface area contributed by atoms with E-state index in [1.54, 1.807) is 0 Å². The summed E-state index contributed by atoms with van der Waals surface area (Å²) in [5.74, 6) is 5.54. The zero-order valence-electron chi connectivity index (χ0n) is 13.3. The first-order valence-electron chi connectivity index (χ1n) is 7.79. The van der Waals surface area contributed by atoms with Gasteiger partial charge >= 0.3 is 0 Å². The third-order valence-corrected chi connectivity index (χ3v) is 3.95. The fourth-order valence-electron chi connectivity index (χ4n) is 2.75. The molecule has 5 nitrogen and oxygen atoms in total. The van der Waals surface area contributed by atoms with Crippen LogP contribution in [0, 0.1) is 0 Å². The second kappa shape index (κ2) is 8.68. The van der Waals surface area contributed by atoms with E-state index in [0.717, 1.165) is 50.5 Å². The first kappa shape index (κ1) is 16.7. The number of hydrogen-bond acceptors (Lipinski definition) is 5. The Hall–Kier alpha value is -1.69. The molecule has 0 unspecified atom stereocenters. The molecule has 1 aliphatic rings. The number of aliphatic hydroxyl groups is 1. The van der Waals surface area contributed by atoms with E-state index >= 15 is 0 Å². The van der Waals surface area contributed by atoms with E-state index in [2.05, 4.69) is 27.9 Å². The molecule has 0 radical (unpaired) electrons. The Kier molecular flexibility index (Phi) is 6.58. The maximum atomic E-state index is 8.97. The Morgan fingerprint density at radius 2 is 1.82 bits per heavy atom. The topological polar surface area (TPSA) is 65.1 Å². The minimum atomic E-state index is 0.242. The number of rotatable bonds is 6. The van der Waals surface area contributed by atoms with E-state index in [4.69, 9.17) is 10.9 Å². The quantitative estimate of drug-likeness (QED) is 0.466. The lowest BCUT2D eigenvalue weighted by Crippen LogP contribution is -2.47. The number of hydrogen-bond donors (Lipinski definition) is 2. The molecule has 1 fully saturated rings. The summed E-state index contributed by atoms with van der Waals surface area (Å²) in [5.41, 5.74) is 3.11. The predicted molar refractivity (Wildman–Crippen MR) is 90.9 cm³/mol. The summed E-state index contributed by atoms with van der Waals surface area (Å²) < 4.78 is 0. The highest BCUT2D eigenvalue weighted by atomic mass is 16.3. The smallest absolute Gasteiger partial charge is 0.0899 e. The number of piperazine rings is 1. The molecule has 3 N–H and O–H groups in total. The molecule has 0 aromatic heterocycles. The molecule has 1 aromatic rings. The average molecular weight is 302 g/mol. The fourth-order valence-corrected chi connectivity index (χ4v) is 2.75. The predicted octanol–water partition coefficient (Wildman–Crippen LogP) is 0.906. The third-order valence-electron chi connectivity index (χ3n) is 3.95. The molecule has 1 aromatic carbocycles. The molecule has 1 heterocycles. The van der Waals surface area contributed by atoms with E-state index in [0.29, 0.717) is 0 Å². The molecule has 0 atom stereocenters. The zero-order chi connectivity index (χ0) is 15.8. The van der Waals surface area contributed by atoms with Gasteiger partial charge in [0, 0.05) is 44.8 Å². The Morgan fingerprint density at radius 1 is 1.18 bits per heavy atom. The lowest BCUT2D eigenvalue weighted by molar-refractivity contribution is 0.118. The van der Waals surface area contributed by atoms with E-state index in [9.17, 15) is 0 Å². The first-order valence-corrected chi connectivity index (χ1v) is 7.79. The molecule has 120 valence electrons. The van der Waals surface area contributed by atoms with Crippen LogP contribution in [0.4, 0.5) is 0 Å². The van der Waals surface area contributed by atoms with Crippen LogP contribution in [-0.2, 0) is 0 Å². The van der Waals surface area contributed by atoms with Gasteiger partial charge in [-0.2, -0.15) is 5.10 Å². The van der Waals surface area contributed by atoms with Crippen LogP contribution in [0.5, 0.6) is 0 Å². The monoisotopic (exact) mass is 302 g/mol. The van der Waals surface area contributed by atoms with Crippen molar-refractivity contribution in [2.24, 2.45) is 10.9 Å². The minimum absolute atomic E-state index is 0.242. The van der Waals surface area contributed by atoms with Gasteiger partial charge in [0.1, 0.15) is 0 Å². The van der Waals surface area contributed by atoms with Gasteiger partial charge in [-0.25, -0.2) is 0 Å². The summed E-state index contributed by atoms with van der Waals surface area (Å²) in [6, 6.07) is 10.0. The van der Waals surface area contributed by atoms with Gasteiger partial charge in [0.25, 0.3) is 0 Å². The highest BCUT2D eigenvalue weighted by Gasteiger charge is 2.16. The van der Waals surface area contributed by atoms with Crippen molar-refractivity contribution < 1.29 is 5.11 Å². The number of hydrazone groups is 1. The van der Waals surface area contributed by atoms with Crippen LogP contribution in [-0.4, -0.2) is 66.5 Å². The van der Waals surface area contributed by atoms with Crippen LogP contribution in [0.3, 0.4) is 0 Å². The van der Waals surface area contributed by atoms with Gasteiger partial charge in [0.15, 0.2) is 0 Å². The Balaban J connectivity index is 1.90.